The molecule has 9 heteroatoms. The molecule has 2 aromatic heterocycles. The number of aliphatic hydroxyl groups excluding tert-OH is 1. The van der Waals surface area contributed by atoms with Crippen molar-refractivity contribution in [3.05, 3.63) is 34.9 Å². The highest BCUT2D eigenvalue weighted by Crippen LogP contribution is 2.44. The zero-order valence-electron chi connectivity index (χ0n) is 14.1. The van der Waals surface area contributed by atoms with E-state index in [0.29, 0.717) is 10.5 Å². The molecule has 0 radical (unpaired) electrons. The number of aromatic nitrogens is 2. The molecular formula is C17H17N3O5S. The van der Waals surface area contributed by atoms with E-state index in [1.165, 1.54) is 23.2 Å². The largest absolute Gasteiger partial charge is 0.477 e. The van der Waals surface area contributed by atoms with Gasteiger partial charge in [-0.05, 0) is 12.0 Å². The van der Waals surface area contributed by atoms with E-state index >= 15 is 0 Å². The molecule has 2 aliphatic rings. The van der Waals surface area contributed by atoms with Crippen molar-refractivity contribution in [3.63, 3.8) is 0 Å². The number of amides is 1. The minimum absolute atomic E-state index is 0.00137. The number of fused-ring (bicyclic) bond motifs is 2. The van der Waals surface area contributed by atoms with Gasteiger partial charge in [0, 0.05) is 24.4 Å². The van der Waals surface area contributed by atoms with Gasteiger partial charge in [-0.15, -0.1) is 11.3 Å². The van der Waals surface area contributed by atoms with E-state index in [9.17, 15) is 24.6 Å². The fraction of sp³-hybridized carbons (Fsp3) is 0.412. The Labute approximate surface area is 152 Å². The van der Waals surface area contributed by atoms with Gasteiger partial charge in [0.25, 0.3) is 0 Å². The minimum Gasteiger partial charge on any atom is -0.477 e. The van der Waals surface area contributed by atoms with Gasteiger partial charge >= 0.3 is 5.97 Å². The molecule has 0 spiro atoms. The third-order valence-electron chi connectivity index (χ3n) is 5.04. The van der Waals surface area contributed by atoms with Gasteiger partial charge in [-0.1, -0.05) is 6.92 Å². The summed E-state index contributed by atoms with van der Waals surface area (Å²) in [5.74, 6) is -2.35. The van der Waals surface area contributed by atoms with Crippen molar-refractivity contribution in [2.24, 2.45) is 11.8 Å². The number of hydrogen-bond acceptors (Lipinski definition) is 6. The van der Waals surface area contributed by atoms with Crippen LogP contribution in [-0.2, 0) is 16.0 Å². The van der Waals surface area contributed by atoms with Gasteiger partial charge in [0.15, 0.2) is 5.78 Å². The summed E-state index contributed by atoms with van der Waals surface area (Å²) in [6.07, 6.45) is 4.27. The van der Waals surface area contributed by atoms with Gasteiger partial charge in [0.2, 0.25) is 5.91 Å². The number of β-lactam (4-membered cyclic amide) rings is 1. The maximum Gasteiger partial charge on any atom is 0.352 e. The molecule has 2 aliphatic heterocycles. The average Bonchev–Trinajstić information content (AvgIpc) is 3.17. The second-order valence-electron chi connectivity index (χ2n) is 6.77. The van der Waals surface area contributed by atoms with Crippen LogP contribution in [0.15, 0.2) is 24.3 Å². The van der Waals surface area contributed by atoms with Crippen LogP contribution in [0, 0.1) is 11.8 Å². The first-order chi connectivity index (χ1) is 12.3. The topological polar surface area (TPSA) is 112 Å². The molecule has 136 valence electrons. The van der Waals surface area contributed by atoms with Gasteiger partial charge in [-0.2, -0.15) is 0 Å². The van der Waals surface area contributed by atoms with Crippen molar-refractivity contribution in [1.82, 2.24) is 14.3 Å². The van der Waals surface area contributed by atoms with E-state index in [2.05, 4.69) is 4.98 Å². The van der Waals surface area contributed by atoms with Gasteiger partial charge in [0.05, 0.1) is 18.1 Å². The number of Topliss-reactive ketones (excluding diaryl/α,β-unsaturated/α-hetero) is 1. The van der Waals surface area contributed by atoms with Crippen LogP contribution >= 0.6 is 11.3 Å². The fourth-order valence-corrected chi connectivity index (χ4v) is 5.05. The number of aliphatic hydroxyl groups is 1. The van der Waals surface area contributed by atoms with Gasteiger partial charge in [0.1, 0.15) is 22.5 Å². The highest BCUT2D eigenvalue weighted by atomic mass is 32.1. The number of aliphatic carboxylic acids is 1. The third-order valence-corrected chi connectivity index (χ3v) is 6.18. The molecule has 0 unspecified atom stereocenters. The smallest absolute Gasteiger partial charge is 0.352 e. The standard InChI is InChI=1S/C17H17N3O5S/c1-7-3-10(17(24)25)20-14(7)12(15(20)23)11(22)4-9-5-19-6-18-13(8(2)21)16(19)26-9/h3,5-7,11-12,14,22H,4H2,1-2H3,(H,24,25)/t7-,11+,12+,14+/m0/s1. The Morgan fingerprint density at radius 3 is 2.81 bits per heavy atom. The van der Waals surface area contributed by atoms with E-state index in [1.54, 1.807) is 23.0 Å². The number of imidazole rings is 1. The number of nitrogens with zero attached hydrogens (tertiary/aromatic N) is 3. The lowest BCUT2D eigenvalue weighted by Crippen LogP contribution is -2.64. The van der Waals surface area contributed by atoms with Crippen LogP contribution in [-0.4, -0.2) is 54.3 Å². The fourth-order valence-electron chi connectivity index (χ4n) is 3.89. The van der Waals surface area contributed by atoms with E-state index in [4.69, 9.17) is 0 Å². The molecule has 26 heavy (non-hydrogen) atoms. The Balaban J connectivity index is 1.53. The SMILES string of the molecule is CC(=O)c1ncn2cc(C[C@@H](O)[C@H]3C(=O)N4C(C(=O)O)=C[C@H](C)[C@H]34)sc12. The number of carbonyl (C=O) groups excluding carboxylic acids is 2. The molecule has 2 aromatic rings. The summed E-state index contributed by atoms with van der Waals surface area (Å²) >= 11 is 1.36. The maximum atomic E-state index is 12.4. The van der Waals surface area contributed by atoms with Crippen LogP contribution in [0.25, 0.3) is 4.83 Å². The third kappa shape index (κ3) is 2.31. The predicted molar refractivity (Wildman–Crippen MR) is 91.8 cm³/mol. The molecule has 0 aliphatic carbocycles. The number of rotatable bonds is 5. The zero-order valence-corrected chi connectivity index (χ0v) is 14.9. The van der Waals surface area contributed by atoms with E-state index in [1.807, 2.05) is 6.92 Å². The number of hydrogen-bond donors (Lipinski definition) is 2. The summed E-state index contributed by atoms with van der Waals surface area (Å²) in [4.78, 5) is 42.1. The molecule has 1 amide bonds. The van der Waals surface area contributed by atoms with Gasteiger partial charge in [-0.3, -0.25) is 14.0 Å². The molecule has 0 saturated carbocycles. The minimum atomic E-state index is -1.13. The van der Waals surface area contributed by atoms with Gasteiger partial charge in [-0.25, -0.2) is 9.78 Å². The first kappa shape index (κ1) is 16.9. The Bertz CT molecular complexity index is 974. The van der Waals surface area contributed by atoms with Crippen molar-refractivity contribution in [2.45, 2.75) is 32.4 Å². The van der Waals surface area contributed by atoms with E-state index in [-0.39, 0.29) is 35.8 Å². The quantitative estimate of drug-likeness (QED) is 0.594. The van der Waals surface area contributed by atoms with Crippen LogP contribution in [0.2, 0.25) is 0 Å². The molecular weight excluding hydrogens is 358 g/mol. The highest BCUT2D eigenvalue weighted by molar-refractivity contribution is 7.17. The first-order valence-electron chi connectivity index (χ1n) is 8.22. The molecule has 4 heterocycles. The van der Waals surface area contributed by atoms with E-state index in [0.717, 1.165) is 4.88 Å². The first-order valence-corrected chi connectivity index (χ1v) is 9.03. The summed E-state index contributed by atoms with van der Waals surface area (Å²) in [7, 11) is 0. The van der Waals surface area contributed by atoms with Crippen LogP contribution in [0.4, 0.5) is 0 Å². The van der Waals surface area contributed by atoms with Crippen molar-refractivity contribution < 1.29 is 24.6 Å². The highest BCUT2D eigenvalue weighted by Gasteiger charge is 2.57. The molecule has 4 atom stereocenters. The van der Waals surface area contributed by atoms with Crippen LogP contribution < -0.4 is 0 Å². The Kier molecular flexibility index (Phi) is 3.74. The van der Waals surface area contributed by atoms with Gasteiger partial charge < -0.3 is 15.1 Å². The molecule has 2 N–H and O–H groups in total. The van der Waals surface area contributed by atoms with Crippen LogP contribution in [0.1, 0.15) is 29.2 Å². The predicted octanol–water partition coefficient (Wildman–Crippen LogP) is 0.947. The van der Waals surface area contributed by atoms with Crippen LogP contribution in [0.3, 0.4) is 0 Å². The lowest BCUT2D eigenvalue weighted by molar-refractivity contribution is -0.163. The lowest BCUT2D eigenvalue weighted by atomic mass is 9.77. The molecule has 1 fully saturated rings. The molecule has 1 saturated heterocycles. The summed E-state index contributed by atoms with van der Waals surface area (Å²) in [5, 5.41) is 19.8. The number of carboxylic acid groups (broad SMARTS) is 1. The monoisotopic (exact) mass is 375 g/mol. The number of carboxylic acids is 1. The maximum absolute atomic E-state index is 12.4. The van der Waals surface area contributed by atoms with Crippen molar-refractivity contribution in [3.8, 4) is 0 Å². The van der Waals surface area contributed by atoms with Crippen LogP contribution in [0.5, 0.6) is 0 Å². The number of thiazole rings is 1. The molecule has 4 rings (SSSR count). The average molecular weight is 375 g/mol. The second kappa shape index (κ2) is 5.75. The molecule has 0 aromatic carbocycles. The van der Waals surface area contributed by atoms with E-state index < -0.39 is 18.0 Å². The Morgan fingerprint density at radius 1 is 1.42 bits per heavy atom. The van der Waals surface area contributed by atoms with Crippen molar-refractivity contribution in [2.75, 3.05) is 0 Å². The number of carbonyl (C=O) groups is 3. The Hall–Kier alpha value is -2.52. The zero-order chi connectivity index (χ0) is 18.7. The number of ketones is 1. The summed E-state index contributed by atoms with van der Waals surface area (Å²) in [5.41, 5.74) is 0.389. The van der Waals surface area contributed by atoms with Crippen molar-refractivity contribution >= 4 is 33.8 Å². The normalized spacial score (nSPS) is 25.8. The summed E-state index contributed by atoms with van der Waals surface area (Å²) in [6, 6.07) is -0.316. The molecule has 8 nitrogen and oxygen atoms in total. The van der Waals surface area contributed by atoms with Crippen molar-refractivity contribution in [1.29, 1.82) is 0 Å². The lowest BCUT2D eigenvalue weighted by Gasteiger charge is -2.47. The summed E-state index contributed by atoms with van der Waals surface area (Å²) in [6.45, 7) is 3.30. The second-order valence-corrected chi connectivity index (χ2v) is 7.89. The summed E-state index contributed by atoms with van der Waals surface area (Å²) < 4.78 is 1.74. The Morgan fingerprint density at radius 2 is 2.15 bits per heavy atom. The molecule has 0 bridgehead atoms.